The summed E-state index contributed by atoms with van der Waals surface area (Å²) in [4.78, 5) is 4.28. The van der Waals surface area contributed by atoms with Gasteiger partial charge in [-0.25, -0.2) is 13.8 Å². The maximum Gasteiger partial charge on any atom is 0.184 e. The van der Waals surface area contributed by atoms with Crippen molar-refractivity contribution in [2.45, 2.75) is 25.3 Å². The number of imidazole rings is 1. The molecule has 2 heterocycles. The molecule has 0 aliphatic carbocycles. The van der Waals surface area contributed by atoms with Crippen LogP contribution in [0.25, 0.3) is 11.0 Å². The topological polar surface area (TPSA) is 31.0 Å². The van der Waals surface area contributed by atoms with Gasteiger partial charge in [0.15, 0.2) is 11.6 Å². The first-order chi connectivity index (χ1) is 10.1. The number of hydrogen-bond donors (Lipinski definition) is 0. The molecule has 1 atom stereocenters. The molecule has 0 fully saturated rings. The minimum absolute atomic E-state index is 0.123. The van der Waals surface area contributed by atoms with Gasteiger partial charge in [0.25, 0.3) is 0 Å². The molecule has 0 aliphatic heterocycles. The Morgan fingerprint density at radius 3 is 2.81 bits per heavy atom. The molecule has 6 heteroatoms. The van der Waals surface area contributed by atoms with E-state index in [4.69, 9.17) is 16.0 Å². The lowest BCUT2D eigenvalue weighted by molar-refractivity contribution is 0.444. The van der Waals surface area contributed by atoms with E-state index < -0.39 is 11.6 Å². The van der Waals surface area contributed by atoms with Crippen molar-refractivity contribution in [1.29, 1.82) is 0 Å². The zero-order valence-corrected chi connectivity index (χ0v) is 12.1. The second-order valence-corrected chi connectivity index (χ2v) is 5.16. The Bertz CT molecular complexity index is 768. The van der Waals surface area contributed by atoms with Gasteiger partial charge in [-0.2, -0.15) is 0 Å². The normalized spacial score (nSPS) is 13.0. The third-order valence-electron chi connectivity index (χ3n) is 3.45. The molecular formula is C15H13ClF2N2O. The van der Waals surface area contributed by atoms with E-state index in [1.54, 1.807) is 16.9 Å². The first-order valence-corrected chi connectivity index (χ1v) is 7.08. The number of benzene rings is 1. The largest absolute Gasteiger partial charge is 0.469 e. The standard InChI is InChI=1S/C15H13ClF2N2O/c1-9(7-10-3-2-6-21-10)20-13(8-16)19-12-5-4-11(17)14(18)15(12)20/h2-6,9H,7-8H2,1H3. The van der Waals surface area contributed by atoms with Crippen molar-refractivity contribution in [3.05, 3.63) is 53.7 Å². The van der Waals surface area contributed by atoms with Gasteiger partial charge >= 0.3 is 0 Å². The van der Waals surface area contributed by atoms with Crippen LogP contribution in [0.3, 0.4) is 0 Å². The highest BCUT2D eigenvalue weighted by Crippen LogP contribution is 2.28. The van der Waals surface area contributed by atoms with Crippen molar-refractivity contribution in [3.63, 3.8) is 0 Å². The second kappa shape index (κ2) is 5.48. The monoisotopic (exact) mass is 310 g/mol. The number of furan rings is 1. The molecule has 0 amide bonds. The van der Waals surface area contributed by atoms with Gasteiger partial charge in [-0.1, -0.05) is 0 Å². The van der Waals surface area contributed by atoms with Gasteiger partial charge in [-0.3, -0.25) is 0 Å². The number of hydrogen-bond acceptors (Lipinski definition) is 2. The number of alkyl halides is 1. The summed E-state index contributed by atoms with van der Waals surface area (Å²) in [5, 5.41) is 0. The predicted octanol–water partition coefficient (Wildman–Crippen LogP) is 4.45. The lowest BCUT2D eigenvalue weighted by Crippen LogP contribution is -2.12. The first-order valence-electron chi connectivity index (χ1n) is 6.55. The summed E-state index contributed by atoms with van der Waals surface area (Å²) >= 11 is 5.90. The molecule has 1 aromatic carbocycles. The van der Waals surface area contributed by atoms with Crippen molar-refractivity contribution in [3.8, 4) is 0 Å². The molecule has 3 rings (SSSR count). The van der Waals surface area contributed by atoms with E-state index >= 15 is 0 Å². The van der Waals surface area contributed by atoms with Gasteiger partial charge in [0.1, 0.15) is 17.1 Å². The van der Waals surface area contributed by atoms with Gasteiger partial charge in [0.2, 0.25) is 0 Å². The summed E-state index contributed by atoms with van der Waals surface area (Å²) in [6.45, 7) is 1.89. The Morgan fingerprint density at radius 2 is 2.14 bits per heavy atom. The molecule has 110 valence electrons. The molecule has 3 nitrogen and oxygen atoms in total. The zero-order chi connectivity index (χ0) is 15.0. The van der Waals surface area contributed by atoms with E-state index in [-0.39, 0.29) is 17.4 Å². The highest BCUT2D eigenvalue weighted by molar-refractivity contribution is 6.16. The molecule has 21 heavy (non-hydrogen) atoms. The van der Waals surface area contributed by atoms with E-state index in [9.17, 15) is 8.78 Å². The lowest BCUT2D eigenvalue weighted by atomic mass is 10.2. The van der Waals surface area contributed by atoms with Crippen molar-refractivity contribution >= 4 is 22.6 Å². The van der Waals surface area contributed by atoms with Crippen LogP contribution in [0.5, 0.6) is 0 Å². The summed E-state index contributed by atoms with van der Waals surface area (Å²) < 4.78 is 34.6. The van der Waals surface area contributed by atoms with Crippen LogP contribution in [0.2, 0.25) is 0 Å². The first kappa shape index (κ1) is 14.1. The SMILES string of the molecule is CC(Cc1ccco1)n1c(CCl)nc2ccc(F)c(F)c21. The molecule has 0 saturated heterocycles. The van der Waals surface area contributed by atoms with Crippen LogP contribution in [0.15, 0.2) is 34.9 Å². The minimum Gasteiger partial charge on any atom is -0.469 e. The second-order valence-electron chi connectivity index (χ2n) is 4.89. The molecule has 0 spiro atoms. The van der Waals surface area contributed by atoms with Crippen LogP contribution < -0.4 is 0 Å². The van der Waals surface area contributed by atoms with Crippen LogP contribution in [-0.2, 0) is 12.3 Å². The highest BCUT2D eigenvalue weighted by Gasteiger charge is 2.21. The third-order valence-corrected chi connectivity index (χ3v) is 3.69. The smallest absolute Gasteiger partial charge is 0.184 e. The quantitative estimate of drug-likeness (QED) is 0.667. The van der Waals surface area contributed by atoms with Crippen LogP contribution in [0.4, 0.5) is 8.78 Å². The van der Waals surface area contributed by atoms with E-state index in [1.807, 2.05) is 13.0 Å². The fraction of sp³-hybridized carbons (Fsp3) is 0.267. The number of fused-ring (bicyclic) bond motifs is 1. The van der Waals surface area contributed by atoms with E-state index in [2.05, 4.69) is 4.98 Å². The summed E-state index contributed by atoms with van der Waals surface area (Å²) in [5.41, 5.74) is 0.542. The molecule has 0 saturated carbocycles. The number of halogens is 3. The van der Waals surface area contributed by atoms with Crippen LogP contribution in [-0.4, -0.2) is 9.55 Å². The molecule has 3 aromatic rings. The maximum absolute atomic E-state index is 14.1. The average Bonchev–Trinajstić information content (AvgIpc) is 3.09. The van der Waals surface area contributed by atoms with E-state index in [0.717, 1.165) is 11.8 Å². The summed E-state index contributed by atoms with van der Waals surface area (Å²) in [6, 6.07) is 6.00. The van der Waals surface area contributed by atoms with Crippen LogP contribution in [0, 0.1) is 11.6 Å². The van der Waals surface area contributed by atoms with Crippen LogP contribution >= 0.6 is 11.6 Å². The van der Waals surface area contributed by atoms with E-state index in [1.165, 1.54) is 6.07 Å². The highest BCUT2D eigenvalue weighted by atomic mass is 35.5. The number of aromatic nitrogens is 2. The van der Waals surface area contributed by atoms with Crippen molar-refractivity contribution in [2.24, 2.45) is 0 Å². The number of rotatable bonds is 4. The fourth-order valence-electron chi connectivity index (χ4n) is 2.55. The lowest BCUT2D eigenvalue weighted by Gasteiger charge is -2.16. The van der Waals surface area contributed by atoms with Gasteiger partial charge in [-0.15, -0.1) is 11.6 Å². The maximum atomic E-state index is 14.1. The summed E-state index contributed by atoms with van der Waals surface area (Å²) in [6.07, 6.45) is 2.12. The van der Waals surface area contributed by atoms with Gasteiger partial charge in [-0.05, 0) is 31.2 Å². The van der Waals surface area contributed by atoms with Crippen molar-refractivity contribution in [2.75, 3.05) is 0 Å². The van der Waals surface area contributed by atoms with Gasteiger partial charge in [0, 0.05) is 12.5 Å². The minimum atomic E-state index is -0.900. The molecule has 0 bridgehead atoms. The Labute approximate surface area is 125 Å². The third kappa shape index (κ3) is 2.42. The van der Waals surface area contributed by atoms with Crippen molar-refractivity contribution in [1.82, 2.24) is 9.55 Å². The summed E-state index contributed by atoms with van der Waals surface area (Å²) in [7, 11) is 0. The average molecular weight is 311 g/mol. The molecular weight excluding hydrogens is 298 g/mol. The summed E-state index contributed by atoms with van der Waals surface area (Å²) in [5.74, 6) is -0.396. The van der Waals surface area contributed by atoms with E-state index in [0.29, 0.717) is 17.8 Å². The molecule has 0 aliphatic rings. The Balaban J connectivity index is 2.13. The Kier molecular flexibility index (Phi) is 3.68. The zero-order valence-electron chi connectivity index (χ0n) is 11.3. The Morgan fingerprint density at radius 1 is 1.33 bits per heavy atom. The molecule has 2 aromatic heterocycles. The number of nitrogens with zero attached hydrogens (tertiary/aromatic N) is 2. The van der Waals surface area contributed by atoms with Gasteiger partial charge < -0.3 is 8.98 Å². The predicted molar refractivity (Wildman–Crippen MR) is 76.3 cm³/mol. The van der Waals surface area contributed by atoms with Crippen LogP contribution in [0.1, 0.15) is 24.6 Å². The molecule has 1 unspecified atom stereocenters. The molecule has 0 radical (unpaired) electrons. The fourth-order valence-corrected chi connectivity index (χ4v) is 2.74. The molecule has 0 N–H and O–H groups in total. The Hall–Kier alpha value is -1.88. The van der Waals surface area contributed by atoms with Gasteiger partial charge in [0.05, 0.1) is 17.7 Å². The van der Waals surface area contributed by atoms with Crippen molar-refractivity contribution < 1.29 is 13.2 Å².